The minimum Gasteiger partial charge on any atom is -0.311 e. The summed E-state index contributed by atoms with van der Waals surface area (Å²) in [4.78, 5) is 0. The first-order valence-electron chi connectivity index (χ1n) is 6.68. The van der Waals surface area contributed by atoms with E-state index >= 15 is 0 Å². The normalized spacial score (nSPS) is 32.3. The molecule has 1 nitrogen and oxygen atoms in total. The molecule has 0 aromatic carbocycles. The molecule has 1 aliphatic carbocycles. The summed E-state index contributed by atoms with van der Waals surface area (Å²) in [6.45, 7) is 7.68. The van der Waals surface area contributed by atoms with E-state index in [0.29, 0.717) is 5.54 Å². The van der Waals surface area contributed by atoms with Crippen LogP contribution >= 0.6 is 0 Å². The SMILES string of the molecule is C=C(CC)CC1(C2CC2)CCCCCN1. The molecule has 1 N–H and O–H groups in total. The van der Waals surface area contributed by atoms with Gasteiger partial charge in [0.2, 0.25) is 0 Å². The molecule has 1 heteroatoms. The number of hydrogen-bond donors (Lipinski definition) is 1. The summed E-state index contributed by atoms with van der Waals surface area (Å²) < 4.78 is 0. The summed E-state index contributed by atoms with van der Waals surface area (Å²) in [5.74, 6) is 0.957. The minimum absolute atomic E-state index is 0.448. The fourth-order valence-electron chi connectivity index (χ4n) is 3.02. The van der Waals surface area contributed by atoms with E-state index in [-0.39, 0.29) is 0 Å². The van der Waals surface area contributed by atoms with Gasteiger partial charge in [0.25, 0.3) is 0 Å². The van der Waals surface area contributed by atoms with Crippen LogP contribution < -0.4 is 5.32 Å². The van der Waals surface area contributed by atoms with Gasteiger partial charge in [-0.2, -0.15) is 0 Å². The molecule has 0 aromatic rings. The lowest BCUT2D eigenvalue weighted by molar-refractivity contribution is 0.269. The van der Waals surface area contributed by atoms with Gasteiger partial charge in [-0.25, -0.2) is 0 Å². The summed E-state index contributed by atoms with van der Waals surface area (Å²) in [5.41, 5.74) is 1.89. The van der Waals surface area contributed by atoms with Gasteiger partial charge in [0.1, 0.15) is 0 Å². The highest BCUT2D eigenvalue weighted by Crippen LogP contribution is 2.46. The third-order valence-electron chi connectivity index (χ3n) is 4.20. The van der Waals surface area contributed by atoms with Crippen molar-refractivity contribution in [1.29, 1.82) is 0 Å². The number of hydrogen-bond acceptors (Lipinski definition) is 1. The molecule has 1 unspecified atom stereocenters. The van der Waals surface area contributed by atoms with Crippen molar-refractivity contribution < 1.29 is 0 Å². The predicted octanol–water partition coefficient (Wildman–Crippen LogP) is 3.66. The number of rotatable bonds is 4. The van der Waals surface area contributed by atoms with Gasteiger partial charge in [-0.05, 0) is 51.0 Å². The molecule has 0 amide bonds. The molecule has 0 aromatic heterocycles. The number of nitrogens with one attached hydrogen (secondary N) is 1. The van der Waals surface area contributed by atoms with Gasteiger partial charge in [0.05, 0.1) is 0 Å². The van der Waals surface area contributed by atoms with Crippen LogP contribution in [0.25, 0.3) is 0 Å². The van der Waals surface area contributed by atoms with Crippen molar-refractivity contribution in [3.05, 3.63) is 12.2 Å². The molecular formula is C14H25N. The fraction of sp³-hybridized carbons (Fsp3) is 0.857. The van der Waals surface area contributed by atoms with Crippen LogP contribution in [0.4, 0.5) is 0 Å². The van der Waals surface area contributed by atoms with Gasteiger partial charge in [-0.1, -0.05) is 31.9 Å². The smallest absolute Gasteiger partial charge is 0.0246 e. The largest absolute Gasteiger partial charge is 0.311 e. The van der Waals surface area contributed by atoms with Gasteiger partial charge in [0, 0.05) is 5.54 Å². The Labute approximate surface area is 94.3 Å². The Morgan fingerprint density at radius 3 is 2.80 bits per heavy atom. The van der Waals surface area contributed by atoms with E-state index in [9.17, 15) is 0 Å². The molecule has 86 valence electrons. The highest BCUT2D eigenvalue weighted by Gasteiger charge is 2.44. The molecule has 1 saturated carbocycles. The summed E-state index contributed by atoms with van der Waals surface area (Å²) in [6.07, 6.45) is 10.9. The summed E-state index contributed by atoms with van der Waals surface area (Å²) in [7, 11) is 0. The van der Waals surface area contributed by atoms with Crippen LogP contribution in [0, 0.1) is 5.92 Å². The van der Waals surface area contributed by atoms with Gasteiger partial charge in [-0.3, -0.25) is 0 Å². The molecular weight excluding hydrogens is 182 g/mol. The average Bonchev–Trinajstić information content (AvgIpc) is 3.04. The van der Waals surface area contributed by atoms with Crippen molar-refractivity contribution in [1.82, 2.24) is 5.32 Å². The summed E-state index contributed by atoms with van der Waals surface area (Å²) >= 11 is 0. The first-order valence-corrected chi connectivity index (χ1v) is 6.68. The molecule has 15 heavy (non-hydrogen) atoms. The zero-order valence-corrected chi connectivity index (χ0v) is 10.1. The molecule has 1 heterocycles. The van der Waals surface area contributed by atoms with E-state index in [4.69, 9.17) is 0 Å². The first-order chi connectivity index (χ1) is 7.27. The summed E-state index contributed by atoms with van der Waals surface area (Å²) in [5, 5.41) is 3.86. The van der Waals surface area contributed by atoms with Crippen LogP contribution in [-0.4, -0.2) is 12.1 Å². The van der Waals surface area contributed by atoms with Gasteiger partial charge >= 0.3 is 0 Å². The maximum absolute atomic E-state index is 4.21. The molecule has 0 bridgehead atoms. The highest BCUT2D eigenvalue weighted by molar-refractivity contribution is 5.10. The molecule has 0 spiro atoms. The predicted molar refractivity (Wildman–Crippen MR) is 66.0 cm³/mol. The molecule has 0 radical (unpaired) electrons. The molecule has 1 aliphatic heterocycles. The quantitative estimate of drug-likeness (QED) is 0.694. The van der Waals surface area contributed by atoms with Gasteiger partial charge in [0.15, 0.2) is 0 Å². The van der Waals surface area contributed by atoms with E-state index in [1.807, 2.05) is 0 Å². The lowest BCUT2D eigenvalue weighted by atomic mass is 9.82. The summed E-state index contributed by atoms with van der Waals surface area (Å²) in [6, 6.07) is 0. The van der Waals surface area contributed by atoms with E-state index in [0.717, 1.165) is 12.3 Å². The monoisotopic (exact) mass is 207 g/mol. The van der Waals surface area contributed by atoms with Crippen molar-refractivity contribution in [3.8, 4) is 0 Å². The lowest BCUT2D eigenvalue weighted by Gasteiger charge is -2.35. The topological polar surface area (TPSA) is 12.0 Å². The third-order valence-corrected chi connectivity index (χ3v) is 4.20. The molecule has 1 saturated heterocycles. The van der Waals surface area contributed by atoms with Crippen LogP contribution in [0.5, 0.6) is 0 Å². The Morgan fingerprint density at radius 2 is 2.13 bits per heavy atom. The lowest BCUT2D eigenvalue weighted by Crippen LogP contribution is -2.47. The van der Waals surface area contributed by atoms with E-state index in [1.165, 1.54) is 57.1 Å². The second-order valence-corrected chi connectivity index (χ2v) is 5.45. The average molecular weight is 207 g/mol. The van der Waals surface area contributed by atoms with Crippen LogP contribution in [0.1, 0.15) is 58.3 Å². The van der Waals surface area contributed by atoms with Gasteiger partial charge in [-0.15, -0.1) is 0 Å². The van der Waals surface area contributed by atoms with E-state index in [2.05, 4.69) is 18.8 Å². The fourth-order valence-corrected chi connectivity index (χ4v) is 3.02. The Balaban J connectivity index is 2.03. The standard InChI is InChI=1S/C14H25N/c1-3-12(2)11-14(13-7-8-13)9-5-4-6-10-15-14/h13,15H,2-11H2,1H3. The maximum atomic E-state index is 4.21. The second-order valence-electron chi connectivity index (χ2n) is 5.45. The van der Waals surface area contributed by atoms with Crippen LogP contribution in [0.15, 0.2) is 12.2 Å². The first kappa shape index (κ1) is 11.2. The molecule has 2 rings (SSSR count). The third kappa shape index (κ3) is 2.63. The Bertz CT molecular complexity index is 219. The Morgan fingerprint density at radius 1 is 1.33 bits per heavy atom. The van der Waals surface area contributed by atoms with Crippen LogP contribution in [0.2, 0.25) is 0 Å². The second kappa shape index (κ2) is 4.69. The van der Waals surface area contributed by atoms with Crippen molar-refractivity contribution >= 4 is 0 Å². The van der Waals surface area contributed by atoms with E-state index < -0.39 is 0 Å². The van der Waals surface area contributed by atoms with Crippen LogP contribution in [-0.2, 0) is 0 Å². The Kier molecular flexibility index (Phi) is 3.50. The van der Waals surface area contributed by atoms with Crippen molar-refractivity contribution in [2.75, 3.05) is 6.54 Å². The minimum atomic E-state index is 0.448. The maximum Gasteiger partial charge on any atom is 0.0246 e. The van der Waals surface area contributed by atoms with Crippen LogP contribution in [0.3, 0.4) is 0 Å². The molecule has 2 aliphatic rings. The highest BCUT2D eigenvalue weighted by atomic mass is 15.0. The molecule has 1 atom stereocenters. The van der Waals surface area contributed by atoms with Crippen molar-refractivity contribution in [2.45, 2.75) is 63.8 Å². The van der Waals surface area contributed by atoms with E-state index in [1.54, 1.807) is 0 Å². The van der Waals surface area contributed by atoms with Gasteiger partial charge < -0.3 is 5.32 Å². The Hall–Kier alpha value is -0.300. The zero-order valence-electron chi connectivity index (χ0n) is 10.1. The molecule has 2 fully saturated rings. The van der Waals surface area contributed by atoms with Crippen molar-refractivity contribution in [2.24, 2.45) is 5.92 Å². The zero-order chi connectivity index (χ0) is 10.7. The van der Waals surface area contributed by atoms with Crippen molar-refractivity contribution in [3.63, 3.8) is 0 Å².